The van der Waals surface area contributed by atoms with E-state index >= 15 is 0 Å². The molecule has 21 heavy (non-hydrogen) atoms. The molecule has 1 aromatic carbocycles. The van der Waals surface area contributed by atoms with Crippen molar-refractivity contribution in [3.05, 3.63) is 55.1 Å². The first-order chi connectivity index (χ1) is 9.88. The summed E-state index contributed by atoms with van der Waals surface area (Å²) in [5.74, 6) is -0.617. The summed E-state index contributed by atoms with van der Waals surface area (Å²) < 4.78 is 1.40. The van der Waals surface area contributed by atoms with Gasteiger partial charge in [0.05, 0.1) is 10.6 Å². The highest BCUT2D eigenvalue weighted by molar-refractivity contribution is 9.11. The van der Waals surface area contributed by atoms with Gasteiger partial charge in [0.1, 0.15) is 17.6 Å². The molecule has 9 heteroatoms. The molecule has 0 saturated carbocycles. The van der Waals surface area contributed by atoms with E-state index in [-0.39, 0.29) is 11.4 Å². The topological polar surface area (TPSA) is 111 Å². The van der Waals surface area contributed by atoms with Gasteiger partial charge in [0, 0.05) is 8.95 Å². The molecule has 0 saturated heterocycles. The maximum Gasteiger partial charge on any atom is 0.300 e. The summed E-state index contributed by atoms with van der Waals surface area (Å²) in [7, 11) is 0. The fourth-order valence-electron chi connectivity index (χ4n) is 1.57. The number of nitrogens with one attached hydrogen (secondary N) is 1. The maximum absolute atomic E-state index is 12.2. The van der Waals surface area contributed by atoms with Crippen LogP contribution in [0.1, 0.15) is 10.4 Å². The Bertz CT molecular complexity index is 736. The van der Waals surface area contributed by atoms with Crippen LogP contribution in [0.15, 0.2) is 39.4 Å². The first-order valence-corrected chi connectivity index (χ1v) is 7.13. The normalized spacial score (nSPS) is 10.2. The Balaban J connectivity index is 2.39. The number of pyridine rings is 1. The second-order valence-electron chi connectivity index (χ2n) is 3.96. The Hall–Kier alpha value is -2.00. The summed E-state index contributed by atoms with van der Waals surface area (Å²) in [5.41, 5.74) is 5.39. The molecule has 0 aliphatic carbocycles. The number of nitrogen functional groups attached to an aromatic ring is 1. The summed E-state index contributed by atoms with van der Waals surface area (Å²) in [6, 6.07) is 6.35. The molecule has 0 aliphatic heterocycles. The Kier molecular flexibility index (Phi) is 4.53. The van der Waals surface area contributed by atoms with Crippen molar-refractivity contribution in [2.75, 3.05) is 11.1 Å². The zero-order valence-corrected chi connectivity index (χ0v) is 13.5. The van der Waals surface area contributed by atoms with Crippen LogP contribution in [0.2, 0.25) is 0 Å². The van der Waals surface area contributed by atoms with Gasteiger partial charge in [0.25, 0.3) is 11.6 Å². The molecule has 0 aliphatic rings. The number of amides is 1. The lowest BCUT2D eigenvalue weighted by Gasteiger charge is -2.08. The Morgan fingerprint density at radius 2 is 2.05 bits per heavy atom. The van der Waals surface area contributed by atoms with Crippen molar-refractivity contribution in [3.8, 4) is 0 Å². The Morgan fingerprint density at radius 3 is 2.71 bits per heavy atom. The third-order valence-electron chi connectivity index (χ3n) is 2.52. The molecular weight excluding hydrogens is 408 g/mol. The van der Waals surface area contributed by atoms with Gasteiger partial charge in [-0.3, -0.25) is 14.9 Å². The minimum absolute atomic E-state index is 0.0269. The van der Waals surface area contributed by atoms with Gasteiger partial charge >= 0.3 is 0 Å². The fraction of sp³-hybridized carbons (Fsp3) is 0. The highest BCUT2D eigenvalue weighted by Crippen LogP contribution is 2.28. The van der Waals surface area contributed by atoms with Crippen LogP contribution in [0.25, 0.3) is 0 Å². The van der Waals surface area contributed by atoms with E-state index in [1.54, 1.807) is 18.2 Å². The van der Waals surface area contributed by atoms with Gasteiger partial charge in [-0.15, -0.1) is 0 Å². The summed E-state index contributed by atoms with van der Waals surface area (Å²) in [5, 5.41) is 13.5. The molecule has 0 spiro atoms. The van der Waals surface area contributed by atoms with Crippen LogP contribution in [0.3, 0.4) is 0 Å². The molecule has 1 aromatic heterocycles. The van der Waals surface area contributed by atoms with Gasteiger partial charge in [0.2, 0.25) is 0 Å². The van der Waals surface area contributed by atoms with Crippen LogP contribution >= 0.6 is 31.9 Å². The maximum atomic E-state index is 12.2. The summed E-state index contributed by atoms with van der Waals surface area (Å²) in [4.78, 5) is 26.1. The van der Waals surface area contributed by atoms with E-state index in [1.165, 1.54) is 6.07 Å². The SMILES string of the molecule is Nc1cc(C(=O)Nc2cc(Br)ccc2Br)c([N+](=O)[O-])cn1. The van der Waals surface area contributed by atoms with Crippen LogP contribution in [-0.4, -0.2) is 15.8 Å². The van der Waals surface area contributed by atoms with Crippen LogP contribution in [0, 0.1) is 10.1 Å². The molecule has 0 unspecified atom stereocenters. The number of nitrogens with two attached hydrogens (primary N) is 1. The number of rotatable bonds is 3. The zero-order valence-electron chi connectivity index (χ0n) is 10.3. The third kappa shape index (κ3) is 3.56. The zero-order chi connectivity index (χ0) is 15.6. The lowest BCUT2D eigenvalue weighted by atomic mass is 10.2. The smallest absolute Gasteiger partial charge is 0.300 e. The van der Waals surface area contributed by atoms with Gasteiger partial charge < -0.3 is 11.1 Å². The number of aromatic nitrogens is 1. The second-order valence-corrected chi connectivity index (χ2v) is 5.73. The molecule has 7 nitrogen and oxygen atoms in total. The molecule has 1 amide bonds. The summed E-state index contributed by atoms with van der Waals surface area (Å²) >= 11 is 6.57. The number of anilines is 2. The van der Waals surface area contributed by atoms with Crippen LogP contribution in [0.4, 0.5) is 17.2 Å². The van der Waals surface area contributed by atoms with Gasteiger partial charge in [-0.1, -0.05) is 15.9 Å². The van der Waals surface area contributed by atoms with Gasteiger partial charge in [-0.25, -0.2) is 4.98 Å². The molecule has 1 heterocycles. The monoisotopic (exact) mass is 414 g/mol. The third-order valence-corrected chi connectivity index (χ3v) is 3.71. The molecule has 0 fully saturated rings. The van der Waals surface area contributed by atoms with Crippen LogP contribution < -0.4 is 11.1 Å². The average Bonchev–Trinajstić information content (AvgIpc) is 2.42. The van der Waals surface area contributed by atoms with E-state index in [0.29, 0.717) is 10.2 Å². The fourth-order valence-corrected chi connectivity index (χ4v) is 2.28. The lowest BCUT2D eigenvalue weighted by Crippen LogP contribution is -2.15. The number of nitrogens with zero attached hydrogens (tertiary/aromatic N) is 2. The molecule has 0 atom stereocenters. The lowest BCUT2D eigenvalue weighted by molar-refractivity contribution is -0.385. The standard InChI is InChI=1S/C12H8Br2N4O3/c13-6-1-2-8(14)9(3-6)17-12(19)7-4-11(15)16-5-10(7)18(20)21/h1-5H,(H2,15,16)(H,17,19). The minimum Gasteiger partial charge on any atom is -0.384 e. The van der Waals surface area contributed by atoms with E-state index < -0.39 is 16.5 Å². The molecule has 3 N–H and O–H groups in total. The predicted molar refractivity (Wildman–Crippen MR) is 85.1 cm³/mol. The molecule has 2 aromatic rings. The number of benzene rings is 1. The summed E-state index contributed by atoms with van der Waals surface area (Å²) in [6.07, 6.45) is 0.959. The van der Waals surface area contributed by atoms with E-state index in [2.05, 4.69) is 42.2 Å². The van der Waals surface area contributed by atoms with Gasteiger partial charge in [0.15, 0.2) is 0 Å². The predicted octanol–water partition coefficient (Wildman–Crippen LogP) is 3.35. The highest BCUT2D eigenvalue weighted by Gasteiger charge is 2.21. The second kappa shape index (κ2) is 6.19. The number of hydrogen-bond donors (Lipinski definition) is 2. The molecule has 2 rings (SSSR count). The van der Waals surface area contributed by atoms with E-state index in [9.17, 15) is 14.9 Å². The van der Waals surface area contributed by atoms with Crippen molar-refractivity contribution in [1.29, 1.82) is 0 Å². The first kappa shape index (κ1) is 15.4. The highest BCUT2D eigenvalue weighted by atomic mass is 79.9. The average molecular weight is 416 g/mol. The number of carbonyl (C=O) groups excluding carboxylic acids is 1. The number of hydrogen-bond acceptors (Lipinski definition) is 5. The Morgan fingerprint density at radius 1 is 1.33 bits per heavy atom. The molecule has 108 valence electrons. The van der Waals surface area contributed by atoms with Crippen molar-refractivity contribution in [2.24, 2.45) is 0 Å². The van der Waals surface area contributed by atoms with Gasteiger partial charge in [-0.05, 0) is 40.2 Å². The number of carbonyl (C=O) groups is 1. The first-order valence-electron chi connectivity index (χ1n) is 5.55. The van der Waals surface area contributed by atoms with Crippen LogP contribution in [-0.2, 0) is 0 Å². The Labute approximate surface area is 136 Å². The van der Waals surface area contributed by atoms with E-state index in [4.69, 9.17) is 5.73 Å². The molecular formula is C12H8Br2N4O3. The largest absolute Gasteiger partial charge is 0.384 e. The van der Waals surface area contributed by atoms with Crippen molar-refractivity contribution in [1.82, 2.24) is 4.98 Å². The quantitative estimate of drug-likeness (QED) is 0.589. The number of halogens is 2. The molecule has 0 radical (unpaired) electrons. The molecule has 0 bridgehead atoms. The van der Waals surface area contributed by atoms with Crippen LogP contribution in [0.5, 0.6) is 0 Å². The van der Waals surface area contributed by atoms with E-state index in [1.807, 2.05) is 0 Å². The number of nitro groups is 1. The van der Waals surface area contributed by atoms with E-state index in [0.717, 1.165) is 10.7 Å². The van der Waals surface area contributed by atoms with Crippen molar-refractivity contribution >= 4 is 55.0 Å². The van der Waals surface area contributed by atoms with Crippen molar-refractivity contribution < 1.29 is 9.72 Å². The minimum atomic E-state index is -0.683. The van der Waals surface area contributed by atoms with Gasteiger partial charge in [-0.2, -0.15) is 0 Å². The summed E-state index contributed by atoms with van der Waals surface area (Å²) in [6.45, 7) is 0. The van der Waals surface area contributed by atoms with Crippen molar-refractivity contribution in [2.45, 2.75) is 0 Å². The van der Waals surface area contributed by atoms with Crippen molar-refractivity contribution in [3.63, 3.8) is 0 Å².